The average molecular weight is 481 g/mol. The number of morpholine rings is 1. The van der Waals surface area contributed by atoms with Crippen LogP contribution in [0.4, 0.5) is 0 Å². The van der Waals surface area contributed by atoms with Crippen molar-refractivity contribution in [2.24, 2.45) is 0 Å². The molecule has 1 aliphatic heterocycles. The Kier molecular flexibility index (Phi) is 6.36. The first-order valence-corrected chi connectivity index (χ1v) is 11.5. The lowest BCUT2D eigenvalue weighted by molar-refractivity contribution is 0.0327. The van der Waals surface area contributed by atoms with E-state index in [1.54, 1.807) is 31.4 Å². The Hall–Kier alpha value is -3.20. The summed E-state index contributed by atoms with van der Waals surface area (Å²) < 4.78 is 16.6. The molecule has 1 fully saturated rings. The van der Waals surface area contributed by atoms with Gasteiger partial charge in [0.1, 0.15) is 11.7 Å². The third-order valence-corrected chi connectivity index (χ3v) is 6.37. The number of aryl methyl sites for hydroxylation is 1. The molecule has 0 radical (unpaired) electrons. The van der Waals surface area contributed by atoms with Crippen LogP contribution in [-0.2, 0) is 11.3 Å². The minimum absolute atomic E-state index is 0.148. The molecule has 2 aromatic heterocycles. The second-order valence-electron chi connectivity index (χ2n) is 8.32. The number of nitrogens with one attached hydrogen (secondary N) is 1. The molecule has 5 rings (SSSR count). The molecule has 0 amide bonds. The molecule has 1 saturated heterocycles. The fourth-order valence-corrected chi connectivity index (χ4v) is 4.51. The van der Waals surface area contributed by atoms with Crippen LogP contribution in [0.1, 0.15) is 39.2 Å². The molecule has 3 heterocycles. The zero-order valence-electron chi connectivity index (χ0n) is 19.0. The molecular weight excluding hydrogens is 456 g/mol. The van der Waals surface area contributed by atoms with E-state index < -0.39 is 5.92 Å². The van der Waals surface area contributed by atoms with Crippen molar-refractivity contribution in [2.45, 2.75) is 19.4 Å². The number of fused-ring (bicyclic) bond motifs is 1. The largest absolute Gasteiger partial charge is 0.497 e. The van der Waals surface area contributed by atoms with Gasteiger partial charge >= 0.3 is 0 Å². The van der Waals surface area contributed by atoms with Gasteiger partial charge in [-0.25, -0.2) is 0 Å². The van der Waals surface area contributed by atoms with Crippen LogP contribution in [0, 0.1) is 6.92 Å². The standard InChI is InChI=1S/C25H25ClN4O4/c1-15-22(19-13-18(32-2)7-8-20(19)27-15)23(24(31)16-3-5-17(26)6-4-16)25-28-21(29-34-25)14-30-9-11-33-12-10-30/h3-8,13,23,27H,9-12,14H2,1-2H3. The summed E-state index contributed by atoms with van der Waals surface area (Å²) in [4.78, 5) is 24.1. The van der Waals surface area contributed by atoms with Crippen molar-refractivity contribution in [3.8, 4) is 5.75 Å². The number of Topliss-reactive ketones (excluding diaryl/α,β-unsaturated/α-hetero) is 1. The van der Waals surface area contributed by atoms with E-state index in [1.807, 2.05) is 25.1 Å². The first-order valence-electron chi connectivity index (χ1n) is 11.1. The molecule has 4 aromatic rings. The molecule has 0 spiro atoms. The van der Waals surface area contributed by atoms with Gasteiger partial charge in [0.15, 0.2) is 11.6 Å². The zero-order valence-corrected chi connectivity index (χ0v) is 19.8. The maximum Gasteiger partial charge on any atom is 0.242 e. The summed E-state index contributed by atoms with van der Waals surface area (Å²) in [7, 11) is 1.62. The number of aromatic nitrogens is 3. The number of ether oxygens (including phenoxy) is 2. The van der Waals surface area contributed by atoms with Crippen LogP contribution in [0.3, 0.4) is 0 Å². The minimum Gasteiger partial charge on any atom is -0.497 e. The minimum atomic E-state index is -0.784. The highest BCUT2D eigenvalue weighted by atomic mass is 35.5. The number of carbonyl (C=O) groups excluding carboxylic acids is 1. The number of halogens is 1. The molecule has 8 nitrogen and oxygen atoms in total. The van der Waals surface area contributed by atoms with Crippen LogP contribution in [0.15, 0.2) is 47.0 Å². The van der Waals surface area contributed by atoms with Crippen molar-refractivity contribution >= 4 is 28.3 Å². The first-order chi connectivity index (χ1) is 16.5. The van der Waals surface area contributed by atoms with Crippen molar-refractivity contribution in [3.05, 3.63) is 76.0 Å². The molecule has 9 heteroatoms. The number of H-pyrrole nitrogens is 1. The summed E-state index contributed by atoms with van der Waals surface area (Å²) in [6, 6.07) is 12.6. The lowest BCUT2D eigenvalue weighted by atomic mass is 9.88. The highest BCUT2D eigenvalue weighted by Crippen LogP contribution is 2.37. The van der Waals surface area contributed by atoms with Crippen molar-refractivity contribution < 1.29 is 18.8 Å². The Morgan fingerprint density at radius 1 is 1.21 bits per heavy atom. The van der Waals surface area contributed by atoms with Crippen molar-refractivity contribution in [1.29, 1.82) is 0 Å². The monoisotopic (exact) mass is 480 g/mol. The van der Waals surface area contributed by atoms with Gasteiger partial charge in [-0.3, -0.25) is 9.69 Å². The predicted octanol–water partition coefficient (Wildman–Crippen LogP) is 4.37. The van der Waals surface area contributed by atoms with Gasteiger partial charge in [-0.15, -0.1) is 0 Å². The number of aromatic amines is 1. The summed E-state index contributed by atoms with van der Waals surface area (Å²) in [6.07, 6.45) is 0. The fraction of sp³-hybridized carbons (Fsp3) is 0.320. The second kappa shape index (κ2) is 9.58. The summed E-state index contributed by atoms with van der Waals surface area (Å²) in [5, 5.41) is 5.63. The number of ketones is 1. The number of methoxy groups -OCH3 is 1. The number of hydrogen-bond donors (Lipinski definition) is 1. The van der Waals surface area contributed by atoms with E-state index in [9.17, 15) is 4.79 Å². The van der Waals surface area contributed by atoms with E-state index in [4.69, 9.17) is 25.6 Å². The lowest BCUT2D eigenvalue weighted by Gasteiger charge is -2.24. The highest BCUT2D eigenvalue weighted by Gasteiger charge is 2.33. The molecule has 176 valence electrons. The Labute approximate surface area is 201 Å². The van der Waals surface area contributed by atoms with Gasteiger partial charge in [-0.05, 0) is 49.4 Å². The topological polar surface area (TPSA) is 93.5 Å². The van der Waals surface area contributed by atoms with Gasteiger partial charge < -0.3 is 19.0 Å². The number of rotatable bonds is 7. The highest BCUT2D eigenvalue weighted by molar-refractivity contribution is 6.30. The van der Waals surface area contributed by atoms with E-state index in [0.717, 1.165) is 35.2 Å². The van der Waals surface area contributed by atoms with Gasteiger partial charge in [0.2, 0.25) is 5.89 Å². The van der Waals surface area contributed by atoms with Crippen LogP contribution >= 0.6 is 11.6 Å². The molecule has 0 bridgehead atoms. The molecule has 1 N–H and O–H groups in total. The molecule has 1 atom stereocenters. The van der Waals surface area contributed by atoms with Gasteiger partial charge in [-0.1, -0.05) is 16.8 Å². The van der Waals surface area contributed by atoms with Crippen molar-refractivity contribution in [3.63, 3.8) is 0 Å². The van der Waals surface area contributed by atoms with Gasteiger partial charge in [0, 0.05) is 45.8 Å². The molecular formula is C25H25ClN4O4. The SMILES string of the molecule is COc1ccc2[nH]c(C)c(C(C(=O)c3ccc(Cl)cc3)c3nc(CN4CCOCC4)no3)c2c1. The Morgan fingerprint density at radius 3 is 2.71 bits per heavy atom. The van der Waals surface area contributed by atoms with Gasteiger partial charge in [0.25, 0.3) is 0 Å². The second-order valence-corrected chi connectivity index (χ2v) is 8.75. The first kappa shape index (κ1) is 22.6. The predicted molar refractivity (Wildman–Crippen MR) is 128 cm³/mol. The quantitative estimate of drug-likeness (QED) is 0.392. The fourth-order valence-electron chi connectivity index (χ4n) is 4.38. The van der Waals surface area contributed by atoms with Crippen LogP contribution in [0.5, 0.6) is 5.75 Å². The van der Waals surface area contributed by atoms with E-state index >= 15 is 0 Å². The Bertz CT molecular complexity index is 1310. The van der Waals surface area contributed by atoms with Crippen LogP contribution in [-0.4, -0.2) is 59.2 Å². The number of nitrogens with zero attached hydrogens (tertiary/aromatic N) is 3. The van der Waals surface area contributed by atoms with Crippen LogP contribution < -0.4 is 4.74 Å². The molecule has 2 aromatic carbocycles. The number of hydrogen-bond acceptors (Lipinski definition) is 7. The molecule has 0 saturated carbocycles. The Balaban J connectivity index is 1.59. The molecule has 34 heavy (non-hydrogen) atoms. The molecule has 1 aliphatic rings. The summed E-state index contributed by atoms with van der Waals surface area (Å²) in [5.41, 5.74) is 3.05. The normalized spacial score (nSPS) is 15.5. The van der Waals surface area contributed by atoms with E-state index in [0.29, 0.717) is 41.9 Å². The van der Waals surface area contributed by atoms with Gasteiger partial charge in [0.05, 0.1) is 26.9 Å². The van der Waals surface area contributed by atoms with E-state index in [2.05, 4.69) is 20.0 Å². The van der Waals surface area contributed by atoms with Crippen LogP contribution in [0.25, 0.3) is 10.9 Å². The van der Waals surface area contributed by atoms with Crippen LogP contribution in [0.2, 0.25) is 5.02 Å². The molecule has 0 aliphatic carbocycles. The maximum absolute atomic E-state index is 13.9. The maximum atomic E-state index is 13.9. The third-order valence-electron chi connectivity index (χ3n) is 6.12. The number of benzene rings is 2. The average Bonchev–Trinajstić information content (AvgIpc) is 3.44. The zero-order chi connectivity index (χ0) is 23.7. The Morgan fingerprint density at radius 2 is 1.97 bits per heavy atom. The van der Waals surface area contributed by atoms with Gasteiger partial charge in [-0.2, -0.15) is 4.98 Å². The lowest BCUT2D eigenvalue weighted by Crippen LogP contribution is -2.35. The third kappa shape index (κ3) is 4.44. The van der Waals surface area contributed by atoms with E-state index in [1.165, 1.54) is 0 Å². The molecule has 1 unspecified atom stereocenters. The summed E-state index contributed by atoms with van der Waals surface area (Å²) in [5.74, 6) is 0.568. The van der Waals surface area contributed by atoms with Crippen molar-refractivity contribution in [2.75, 3.05) is 33.4 Å². The van der Waals surface area contributed by atoms with Crippen molar-refractivity contribution in [1.82, 2.24) is 20.0 Å². The number of carbonyl (C=O) groups is 1. The van der Waals surface area contributed by atoms with E-state index in [-0.39, 0.29) is 11.7 Å². The smallest absolute Gasteiger partial charge is 0.242 e. The summed E-state index contributed by atoms with van der Waals surface area (Å²) >= 11 is 6.06. The summed E-state index contributed by atoms with van der Waals surface area (Å²) in [6.45, 7) is 5.44.